The molecule has 0 bridgehead atoms. The van der Waals surface area contributed by atoms with E-state index in [2.05, 4.69) is 55.7 Å². The highest BCUT2D eigenvalue weighted by atomic mass is 127. The number of anilines is 1. The molecule has 2 atom stereocenters. The fraction of sp³-hybridized carbons (Fsp3) is 0.482. The fourth-order valence-corrected chi connectivity index (χ4v) is 8.36. The first-order valence-electron chi connectivity index (χ1n) is 26.1. The number of hydrogen-bond donors (Lipinski definition) is 4. The summed E-state index contributed by atoms with van der Waals surface area (Å²) in [4.78, 5) is 121. The van der Waals surface area contributed by atoms with Crippen molar-refractivity contribution in [3.63, 3.8) is 0 Å². The van der Waals surface area contributed by atoms with E-state index in [9.17, 15) is 43.2 Å². The van der Waals surface area contributed by atoms with Crippen molar-refractivity contribution in [2.75, 3.05) is 78.0 Å². The molecule has 2 heterocycles. The van der Waals surface area contributed by atoms with E-state index in [0.717, 1.165) is 32.2 Å². The van der Waals surface area contributed by atoms with Gasteiger partial charge in [-0.3, -0.25) is 33.6 Å². The number of para-hydroxylation sites is 1. The van der Waals surface area contributed by atoms with Crippen LogP contribution in [0.2, 0.25) is 0 Å². The number of aryl methyl sites for hydroxylation is 1. The first-order chi connectivity index (χ1) is 37.8. The Bertz CT molecular complexity index is 2550. The number of amides is 7. The number of carbonyl (C=O) groups is 9. The van der Waals surface area contributed by atoms with Gasteiger partial charge in [0.05, 0.1) is 78.6 Å². The summed E-state index contributed by atoms with van der Waals surface area (Å²) in [5.41, 5.74) is 4.41. The number of benzene rings is 3. The van der Waals surface area contributed by atoms with Crippen LogP contribution >= 0.6 is 22.6 Å². The van der Waals surface area contributed by atoms with E-state index < -0.39 is 54.1 Å². The Morgan fingerprint density at radius 3 is 1.92 bits per heavy atom. The highest BCUT2D eigenvalue weighted by Gasteiger charge is 2.34. The highest BCUT2D eigenvalue weighted by molar-refractivity contribution is 14.1. The van der Waals surface area contributed by atoms with Crippen molar-refractivity contribution in [3.05, 3.63) is 98.6 Å². The Hall–Kier alpha value is -6.78. The molecule has 0 aliphatic carbocycles. The number of fused-ring (bicyclic) bond motifs is 2. The second-order valence-corrected chi connectivity index (χ2v) is 19.3. The maximum Gasteiger partial charge on any atom is 0.333 e. The Morgan fingerprint density at radius 1 is 0.603 bits per heavy atom. The minimum Gasteiger partial charge on any atom is -0.467 e. The number of hydroxylamine groups is 2. The molecule has 78 heavy (non-hydrogen) atoms. The molecule has 22 heteroatoms. The van der Waals surface area contributed by atoms with Gasteiger partial charge in [-0.1, -0.05) is 54.3 Å². The van der Waals surface area contributed by atoms with Crippen molar-refractivity contribution in [1.82, 2.24) is 26.3 Å². The largest absolute Gasteiger partial charge is 0.467 e. The van der Waals surface area contributed by atoms with Gasteiger partial charge in [-0.25, -0.2) is 9.59 Å². The maximum absolute atomic E-state index is 13.6. The predicted molar refractivity (Wildman–Crippen MR) is 291 cm³/mol. The number of nitrogens with one attached hydrogen (secondary N) is 4. The lowest BCUT2D eigenvalue weighted by molar-refractivity contribution is -0.197. The van der Waals surface area contributed by atoms with Crippen LogP contribution < -0.4 is 26.2 Å². The number of unbranched alkanes of at least 4 members (excludes halogenated alkanes) is 1. The Labute approximate surface area is 467 Å². The second kappa shape index (κ2) is 34.9. The molecular formula is C56H69IN6O15. The molecule has 4 N–H and O–H groups in total. The lowest BCUT2D eigenvalue weighted by Gasteiger charge is -2.26. The van der Waals surface area contributed by atoms with Crippen LogP contribution in [0.1, 0.15) is 99.3 Å². The number of ether oxygens (including phenoxy) is 5. The number of carbonyl (C=O) groups excluding carboxylic acids is 9. The second-order valence-electron chi connectivity index (χ2n) is 18.1. The number of esters is 1. The molecule has 0 aromatic heterocycles. The van der Waals surface area contributed by atoms with E-state index >= 15 is 0 Å². The van der Waals surface area contributed by atoms with Gasteiger partial charge in [-0.2, -0.15) is 0 Å². The summed E-state index contributed by atoms with van der Waals surface area (Å²) in [5.74, 6) is 1.39. The normalized spacial score (nSPS) is 13.4. The highest BCUT2D eigenvalue weighted by Crippen LogP contribution is 2.26. The third kappa shape index (κ3) is 22.7. The van der Waals surface area contributed by atoms with Gasteiger partial charge in [0.2, 0.25) is 29.5 Å². The van der Waals surface area contributed by atoms with Crippen molar-refractivity contribution >= 4 is 81.6 Å². The van der Waals surface area contributed by atoms with Crippen LogP contribution in [0, 0.1) is 15.4 Å². The lowest BCUT2D eigenvalue weighted by Crippen LogP contribution is -2.52. The van der Waals surface area contributed by atoms with E-state index in [1.165, 1.54) is 7.11 Å². The monoisotopic (exact) mass is 1190 g/mol. The molecule has 3 aromatic rings. The van der Waals surface area contributed by atoms with E-state index in [-0.39, 0.29) is 115 Å². The molecule has 1 saturated heterocycles. The van der Waals surface area contributed by atoms with Gasteiger partial charge in [-0.05, 0) is 103 Å². The average Bonchev–Trinajstić information content (AvgIpc) is 3.78. The number of rotatable bonds is 35. The van der Waals surface area contributed by atoms with Gasteiger partial charge in [0.15, 0.2) is 0 Å². The molecule has 5 rings (SSSR count). The molecule has 0 saturated carbocycles. The average molecular weight is 1190 g/mol. The lowest BCUT2D eigenvalue weighted by atomic mass is 10.0. The SMILES string of the molecule is COC(=O)C(CCCCNC(=O)CCCc1ccc(I)cc1)NC(=O)C(CCC(=O)ON1C(=O)CCC1=O)NC(=O)CCOCCOCCOCCOCCNC(=O)CCC(=O)N1Cc2ccccc2C#Cc2ccccc21. The van der Waals surface area contributed by atoms with Crippen LogP contribution in [-0.4, -0.2) is 143 Å². The zero-order chi connectivity index (χ0) is 55.9. The molecule has 7 amide bonds. The van der Waals surface area contributed by atoms with Gasteiger partial charge in [0.1, 0.15) is 12.1 Å². The van der Waals surface area contributed by atoms with Crippen molar-refractivity contribution in [2.24, 2.45) is 0 Å². The Kier molecular flexibility index (Phi) is 27.8. The van der Waals surface area contributed by atoms with E-state index in [1.807, 2.05) is 72.8 Å². The summed E-state index contributed by atoms with van der Waals surface area (Å²) in [6.07, 6.45) is 1.82. The fourth-order valence-electron chi connectivity index (χ4n) is 8.00. The Morgan fingerprint density at radius 2 is 1.22 bits per heavy atom. The number of nitrogens with zero attached hydrogens (tertiary/aromatic N) is 2. The zero-order valence-electron chi connectivity index (χ0n) is 43.9. The standard InChI is InChI=1S/C56H69IN6O15/c1-73-56(72)46(13-6-7-29-58-48(64)15-8-9-40-16-20-44(57)21-17-40)61-55(71)45(22-27-54(70)78-63-52(68)25-26-53(63)69)60-50(66)28-31-74-33-35-76-37-38-77-36-34-75-32-30-59-49(65)23-24-51(67)62-39-43-12-3-2-10-41(43)18-19-42-11-4-5-14-47(42)62/h2-5,10-12,14,16-17,20-21,45-46H,6-9,13,15,22-39H2,1H3,(H,58,64)(H,59,65)(H,60,66)(H,61,71). The van der Waals surface area contributed by atoms with Crippen LogP contribution in [0.25, 0.3) is 0 Å². The van der Waals surface area contributed by atoms with E-state index in [1.54, 1.807) is 4.90 Å². The molecule has 3 aromatic carbocycles. The first kappa shape index (κ1) is 62.1. The van der Waals surface area contributed by atoms with Crippen LogP contribution in [0.3, 0.4) is 0 Å². The molecule has 21 nitrogen and oxygen atoms in total. The summed E-state index contributed by atoms with van der Waals surface area (Å²) in [6.45, 7) is 2.67. The van der Waals surface area contributed by atoms with Crippen molar-refractivity contribution in [3.8, 4) is 11.8 Å². The van der Waals surface area contributed by atoms with Crippen LogP contribution in [-0.2, 0) is 84.6 Å². The van der Waals surface area contributed by atoms with Gasteiger partial charge in [0.25, 0.3) is 11.8 Å². The summed E-state index contributed by atoms with van der Waals surface area (Å²) in [5, 5.41) is 11.2. The molecule has 420 valence electrons. The van der Waals surface area contributed by atoms with Crippen molar-refractivity contribution in [1.29, 1.82) is 0 Å². The molecule has 0 radical (unpaired) electrons. The number of methoxy groups -OCH3 is 1. The van der Waals surface area contributed by atoms with E-state index in [0.29, 0.717) is 56.1 Å². The molecular weight excluding hydrogens is 1120 g/mol. The quantitative estimate of drug-likeness (QED) is 0.0215. The van der Waals surface area contributed by atoms with E-state index in [4.69, 9.17) is 28.5 Å². The molecule has 2 aliphatic rings. The summed E-state index contributed by atoms with van der Waals surface area (Å²) >= 11 is 2.24. The van der Waals surface area contributed by atoms with Crippen LogP contribution in [0.15, 0.2) is 72.8 Å². The zero-order valence-corrected chi connectivity index (χ0v) is 46.1. The van der Waals surface area contributed by atoms with Gasteiger partial charge < -0.3 is 54.7 Å². The number of hydrogen-bond acceptors (Lipinski definition) is 15. The minimum atomic E-state index is -1.33. The summed E-state index contributed by atoms with van der Waals surface area (Å²) in [6, 6.07) is 20.9. The maximum atomic E-state index is 13.6. The van der Waals surface area contributed by atoms with Crippen molar-refractivity contribution < 1.29 is 71.7 Å². The number of halogens is 1. The molecule has 0 spiro atoms. The van der Waals surface area contributed by atoms with Crippen LogP contribution in [0.5, 0.6) is 0 Å². The molecule has 2 unspecified atom stereocenters. The first-order valence-corrected chi connectivity index (χ1v) is 27.2. The van der Waals surface area contributed by atoms with Crippen molar-refractivity contribution in [2.45, 2.75) is 102 Å². The third-order valence-corrected chi connectivity index (χ3v) is 12.9. The molecule has 2 aliphatic heterocycles. The predicted octanol–water partition coefficient (Wildman–Crippen LogP) is 3.73. The Balaban J connectivity index is 0.912. The van der Waals surface area contributed by atoms with Gasteiger partial charge >= 0.3 is 11.9 Å². The topological polar surface area (TPSA) is 264 Å². The summed E-state index contributed by atoms with van der Waals surface area (Å²) < 4.78 is 28.2. The van der Waals surface area contributed by atoms with Crippen LogP contribution in [0.4, 0.5) is 5.69 Å². The smallest absolute Gasteiger partial charge is 0.333 e. The molecule has 1 fully saturated rings. The minimum absolute atomic E-state index is 0.0258. The number of imide groups is 1. The third-order valence-electron chi connectivity index (χ3n) is 12.2. The van der Waals surface area contributed by atoms with Gasteiger partial charge in [0, 0.05) is 66.3 Å². The summed E-state index contributed by atoms with van der Waals surface area (Å²) in [7, 11) is 1.17. The van der Waals surface area contributed by atoms with Gasteiger partial charge in [-0.15, -0.1) is 5.06 Å².